The van der Waals surface area contributed by atoms with Gasteiger partial charge >= 0.3 is 5.97 Å². The number of pyridine rings is 1. The Hall–Kier alpha value is -2.64. The van der Waals surface area contributed by atoms with Gasteiger partial charge in [-0.1, -0.05) is 17.7 Å². The summed E-state index contributed by atoms with van der Waals surface area (Å²) < 4.78 is 5.15. The smallest absolute Gasteiger partial charge is 0.321 e. The van der Waals surface area contributed by atoms with Crippen molar-refractivity contribution in [2.45, 2.75) is 19.0 Å². The monoisotopic (exact) mass is 363 g/mol. The van der Waals surface area contributed by atoms with Crippen molar-refractivity contribution in [1.82, 2.24) is 10.3 Å². The second-order valence-electron chi connectivity index (χ2n) is 5.19. The molecule has 3 N–H and O–H groups in total. The molecule has 7 nitrogen and oxygen atoms in total. The van der Waals surface area contributed by atoms with Crippen molar-refractivity contribution in [1.29, 1.82) is 0 Å². The summed E-state index contributed by atoms with van der Waals surface area (Å²) in [6, 6.07) is 9.07. The van der Waals surface area contributed by atoms with E-state index < -0.39 is 17.9 Å². The van der Waals surface area contributed by atoms with Gasteiger partial charge in [-0.05, 0) is 30.3 Å². The maximum atomic E-state index is 12.2. The normalized spacial score (nSPS) is 11.6. The highest BCUT2D eigenvalue weighted by Crippen LogP contribution is 2.27. The van der Waals surface area contributed by atoms with Crippen molar-refractivity contribution < 1.29 is 19.4 Å². The zero-order valence-electron chi connectivity index (χ0n) is 13.5. The minimum absolute atomic E-state index is 0.242. The molecule has 0 spiro atoms. The zero-order valence-corrected chi connectivity index (χ0v) is 14.3. The molecule has 0 aliphatic heterocycles. The third kappa shape index (κ3) is 5.74. The summed E-state index contributed by atoms with van der Waals surface area (Å²) in [5.41, 5.74) is 1.07. The predicted molar refractivity (Wildman–Crippen MR) is 93.8 cm³/mol. The number of carboxylic acid groups (broad SMARTS) is 1. The molecule has 8 heteroatoms. The number of ether oxygens (including phenoxy) is 1. The minimum atomic E-state index is -1.12. The molecule has 0 bridgehead atoms. The maximum absolute atomic E-state index is 12.2. The largest absolute Gasteiger partial charge is 0.495 e. The molecule has 0 aliphatic rings. The van der Waals surface area contributed by atoms with Crippen molar-refractivity contribution in [3.05, 3.63) is 53.3 Å². The van der Waals surface area contributed by atoms with E-state index in [0.29, 0.717) is 22.2 Å². The summed E-state index contributed by atoms with van der Waals surface area (Å²) in [6.45, 7) is 0.242. The number of methoxy groups -OCH3 is 1. The molecule has 1 aromatic heterocycles. The van der Waals surface area contributed by atoms with Crippen molar-refractivity contribution in [2.24, 2.45) is 0 Å². The highest BCUT2D eigenvalue weighted by molar-refractivity contribution is 6.31. The first-order valence-corrected chi connectivity index (χ1v) is 7.87. The fourth-order valence-corrected chi connectivity index (χ4v) is 2.31. The summed E-state index contributed by atoms with van der Waals surface area (Å²) in [5.74, 6) is -1.16. The van der Waals surface area contributed by atoms with Gasteiger partial charge in [0.15, 0.2) is 0 Å². The molecule has 2 aromatic rings. The molecule has 1 atom stereocenters. The van der Waals surface area contributed by atoms with Crippen LogP contribution in [0.2, 0.25) is 5.02 Å². The van der Waals surface area contributed by atoms with E-state index >= 15 is 0 Å². The fraction of sp³-hybridized carbons (Fsp3) is 0.235. The molecule has 0 radical (unpaired) electrons. The van der Waals surface area contributed by atoms with Gasteiger partial charge in [-0.25, -0.2) is 0 Å². The van der Waals surface area contributed by atoms with Gasteiger partial charge in [0, 0.05) is 17.8 Å². The van der Waals surface area contributed by atoms with Crippen LogP contribution in [0.5, 0.6) is 5.75 Å². The Labute approximate surface area is 150 Å². The van der Waals surface area contributed by atoms with Crippen LogP contribution in [-0.4, -0.2) is 35.1 Å². The summed E-state index contributed by atoms with van der Waals surface area (Å²) in [7, 11) is 1.47. The van der Waals surface area contributed by atoms with Crippen molar-refractivity contribution in [3.63, 3.8) is 0 Å². The molecule has 0 saturated heterocycles. The van der Waals surface area contributed by atoms with Gasteiger partial charge in [0.05, 0.1) is 24.9 Å². The van der Waals surface area contributed by atoms with Crippen LogP contribution in [0.15, 0.2) is 42.6 Å². The van der Waals surface area contributed by atoms with Crippen molar-refractivity contribution in [3.8, 4) is 5.75 Å². The van der Waals surface area contributed by atoms with Crippen LogP contribution >= 0.6 is 11.6 Å². The van der Waals surface area contributed by atoms with E-state index in [1.807, 2.05) is 0 Å². The number of hydrogen-bond donors (Lipinski definition) is 3. The second kappa shape index (κ2) is 9.00. The van der Waals surface area contributed by atoms with E-state index in [0.717, 1.165) is 0 Å². The molecule has 1 heterocycles. The highest BCUT2D eigenvalue weighted by atomic mass is 35.5. The average Bonchev–Trinajstić information content (AvgIpc) is 2.59. The Morgan fingerprint density at radius 2 is 2.12 bits per heavy atom. The number of aromatic nitrogens is 1. The van der Waals surface area contributed by atoms with E-state index in [-0.39, 0.29) is 13.0 Å². The van der Waals surface area contributed by atoms with Crippen LogP contribution in [0.4, 0.5) is 5.69 Å². The number of carboxylic acids is 1. The molecule has 1 amide bonds. The number of nitrogens with one attached hydrogen (secondary N) is 2. The number of aliphatic carboxylic acids is 1. The third-order valence-corrected chi connectivity index (χ3v) is 3.61. The Kier molecular flexibility index (Phi) is 6.73. The lowest BCUT2D eigenvalue weighted by Gasteiger charge is -2.15. The van der Waals surface area contributed by atoms with E-state index in [9.17, 15) is 14.7 Å². The van der Waals surface area contributed by atoms with Gasteiger partial charge in [-0.3, -0.25) is 19.9 Å². The van der Waals surface area contributed by atoms with Crippen LogP contribution in [0.25, 0.3) is 0 Å². The second-order valence-corrected chi connectivity index (χ2v) is 5.63. The molecule has 0 fully saturated rings. The van der Waals surface area contributed by atoms with Crippen LogP contribution in [0.1, 0.15) is 12.1 Å². The number of hydrogen-bond acceptors (Lipinski definition) is 5. The standard InChI is InChI=1S/C17H18ClN3O4/c1-25-15-6-5-11(18)8-13(15)21-16(22)9-14(17(23)24)20-10-12-4-2-3-7-19-12/h2-8,14,20H,9-10H2,1H3,(H,21,22)(H,23,24). The summed E-state index contributed by atoms with van der Waals surface area (Å²) in [6.07, 6.45) is 1.36. The van der Waals surface area contributed by atoms with E-state index in [1.165, 1.54) is 13.2 Å². The topological polar surface area (TPSA) is 101 Å². The van der Waals surface area contributed by atoms with Gasteiger partial charge < -0.3 is 15.2 Å². The maximum Gasteiger partial charge on any atom is 0.321 e. The summed E-state index contributed by atoms with van der Waals surface area (Å²) >= 11 is 5.91. The van der Waals surface area contributed by atoms with Gasteiger partial charge in [0.1, 0.15) is 11.8 Å². The van der Waals surface area contributed by atoms with Crippen LogP contribution < -0.4 is 15.4 Å². The Bertz CT molecular complexity index is 740. The summed E-state index contributed by atoms with van der Waals surface area (Å²) in [4.78, 5) is 27.7. The molecule has 1 unspecified atom stereocenters. The van der Waals surface area contributed by atoms with Crippen LogP contribution in [0.3, 0.4) is 0 Å². The van der Waals surface area contributed by atoms with E-state index in [1.54, 1.807) is 36.5 Å². The highest BCUT2D eigenvalue weighted by Gasteiger charge is 2.21. The first-order chi connectivity index (χ1) is 12.0. The number of halogens is 1. The molecule has 0 saturated carbocycles. The van der Waals surface area contributed by atoms with Gasteiger partial charge in [0.25, 0.3) is 0 Å². The first-order valence-electron chi connectivity index (χ1n) is 7.49. The third-order valence-electron chi connectivity index (χ3n) is 3.38. The molecular formula is C17H18ClN3O4. The lowest BCUT2D eigenvalue weighted by molar-refractivity contribution is -0.141. The number of anilines is 1. The molecule has 0 aliphatic carbocycles. The lowest BCUT2D eigenvalue weighted by Crippen LogP contribution is -2.39. The Morgan fingerprint density at radius 3 is 2.76 bits per heavy atom. The van der Waals surface area contributed by atoms with E-state index in [4.69, 9.17) is 16.3 Å². The SMILES string of the molecule is COc1ccc(Cl)cc1NC(=O)CC(NCc1ccccn1)C(=O)O. The first kappa shape index (κ1) is 18.7. The number of benzene rings is 1. The fourth-order valence-electron chi connectivity index (χ4n) is 2.14. The minimum Gasteiger partial charge on any atom is -0.495 e. The molecule has 1 aromatic carbocycles. The van der Waals surface area contributed by atoms with Crippen molar-refractivity contribution in [2.75, 3.05) is 12.4 Å². The number of carbonyl (C=O) groups excluding carboxylic acids is 1. The van der Waals surface area contributed by atoms with Crippen LogP contribution in [-0.2, 0) is 16.1 Å². The average molecular weight is 364 g/mol. The number of rotatable bonds is 8. The van der Waals surface area contributed by atoms with Crippen LogP contribution in [0, 0.1) is 0 Å². The van der Waals surface area contributed by atoms with Crippen molar-refractivity contribution >= 4 is 29.2 Å². The lowest BCUT2D eigenvalue weighted by atomic mass is 10.2. The van der Waals surface area contributed by atoms with Gasteiger partial charge in [0.2, 0.25) is 5.91 Å². The quantitative estimate of drug-likeness (QED) is 0.665. The zero-order chi connectivity index (χ0) is 18.2. The summed E-state index contributed by atoms with van der Waals surface area (Å²) in [5, 5.41) is 15.2. The molecule has 2 rings (SSSR count). The van der Waals surface area contributed by atoms with E-state index in [2.05, 4.69) is 15.6 Å². The number of amides is 1. The Balaban J connectivity index is 1.98. The molecule has 132 valence electrons. The molecule has 25 heavy (non-hydrogen) atoms. The number of carbonyl (C=O) groups is 2. The Morgan fingerprint density at radius 1 is 1.32 bits per heavy atom. The number of nitrogens with zero attached hydrogens (tertiary/aromatic N) is 1. The molecular weight excluding hydrogens is 346 g/mol. The van der Waals surface area contributed by atoms with Gasteiger partial charge in [-0.2, -0.15) is 0 Å². The van der Waals surface area contributed by atoms with Gasteiger partial charge in [-0.15, -0.1) is 0 Å². The predicted octanol–water partition coefficient (Wildman–Crippen LogP) is 2.32.